The first-order valence-electron chi connectivity index (χ1n) is 3.88. The molecule has 0 spiro atoms. The summed E-state index contributed by atoms with van der Waals surface area (Å²) in [7, 11) is 0. The molecule has 3 rings (SSSR count). The molecule has 1 aromatic heterocycles. The molecule has 0 bridgehead atoms. The van der Waals surface area contributed by atoms with Crippen molar-refractivity contribution < 1.29 is 0 Å². The van der Waals surface area contributed by atoms with Gasteiger partial charge in [-0.15, -0.1) is 0 Å². The Balaban J connectivity index is 2.61. The summed E-state index contributed by atoms with van der Waals surface area (Å²) in [6.07, 6.45) is 3.96. The third-order valence-corrected chi connectivity index (χ3v) is 2.03. The van der Waals surface area contributed by atoms with Crippen molar-refractivity contribution in [2.45, 2.75) is 0 Å². The van der Waals surface area contributed by atoms with E-state index in [0.29, 0.717) is 0 Å². The van der Waals surface area contributed by atoms with E-state index in [1.165, 1.54) is 0 Å². The maximum Gasteiger partial charge on any atom is 0.0895 e. The summed E-state index contributed by atoms with van der Waals surface area (Å²) in [6, 6.07) is 7.92. The molecule has 0 radical (unpaired) electrons. The molecule has 0 N–H and O–H groups in total. The lowest BCUT2D eigenvalue weighted by atomic mass is 10.2. The minimum Gasteiger partial charge on any atom is -0.245 e. The highest BCUT2D eigenvalue weighted by Crippen LogP contribution is 2.02. The number of benzene rings is 1. The van der Waals surface area contributed by atoms with Crippen molar-refractivity contribution in [3.8, 4) is 0 Å². The monoisotopic (exact) mass is 154 g/mol. The van der Waals surface area contributed by atoms with Gasteiger partial charge < -0.3 is 0 Å². The first-order valence-corrected chi connectivity index (χ1v) is 3.88. The Labute approximate surface area is 68.9 Å². The molecular formula is C10H6N2. The predicted octanol–water partition coefficient (Wildman–Crippen LogP) is 0.204. The quantitative estimate of drug-likeness (QED) is 0.542. The fraction of sp³-hybridized carbons (Fsp3) is 0. The second-order valence-electron chi connectivity index (χ2n) is 2.82. The summed E-state index contributed by atoms with van der Waals surface area (Å²) in [5.41, 5.74) is 1.95. The van der Waals surface area contributed by atoms with Gasteiger partial charge in [-0.3, -0.25) is 0 Å². The molecule has 0 saturated carbocycles. The summed E-state index contributed by atoms with van der Waals surface area (Å²) >= 11 is 0. The van der Waals surface area contributed by atoms with Crippen LogP contribution in [0.2, 0.25) is 0 Å². The minimum absolute atomic E-state index is 0.973. The Morgan fingerprint density at radius 1 is 0.750 bits per heavy atom. The van der Waals surface area contributed by atoms with Crippen molar-refractivity contribution >= 4 is 23.2 Å². The van der Waals surface area contributed by atoms with Crippen LogP contribution in [0.1, 0.15) is 0 Å². The number of hydrogen-bond donors (Lipinski definition) is 0. The van der Waals surface area contributed by atoms with Crippen LogP contribution in [0, 0.1) is 0 Å². The first-order chi connectivity index (χ1) is 5.93. The van der Waals surface area contributed by atoms with Gasteiger partial charge in [-0.05, 0) is 24.3 Å². The van der Waals surface area contributed by atoms with Gasteiger partial charge in [-0.25, -0.2) is 9.97 Å². The number of para-hydroxylation sites is 2. The van der Waals surface area contributed by atoms with Crippen LogP contribution in [0.15, 0.2) is 24.3 Å². The van der Waals surface area contributed by atoms with Crippen LogP contribution in [0.5, 0.6) is 0 Å². The highest BCUT2D eigenvalue weighted by molar-refractivity contribution is 5.76. The van der Waals surface area contributed by atoms with E-state index < -0.39 is 0 Å². The molecule has 0 atom stereocenters. The number of aromatic nitrogens is 2. The third-order valence-electron chi connectivity index (χ3n) is 2.03. The van der Waals surface area contributed by atoms with Crippen LogP contribution >= 0.6 is 0 Å². The highest BCUT2D eigenvalue weighted by Gasteiger charge is 1.99. The Kier molecular flexibility index (Phi) is 0.939. The highest BCUT2D eigenvalue weighted by atomic mass is 14.8. The van der Waals surface area contributed by atoms with Crippen LogP contribution in [0.3, 0.4) is 0 Å². The van der Waals surface area contributed by atoms with Gasteiger partial charge in [-0.2, -0.15) is 0 Å². The number of hydrogen-bond acceptors (Lipinski definition) is 2. The number of fused-ring (bicyclic) bond motifs is 2. The molecule has 56 valence electrons. The molecule has 1 aliphatic carbocycles. The van der Waals surface area contributed by atoms with E-state index in [2.05, 4.69) is 9.97 Å². The van der Waals surface area contributed by atoms with Gasteiger partial charge in [0.2, 0.25) is 0 Å². The van der Waals surface area contributed by atoms with E-state index in [9.17, 15) is 0 Å². The van der Waals surface area contributed by atoms with Gasteiger partial charge >= 0.3 is 0 Å². The van der Waals surface area contributed by atoms with Crippen LogP contribution in [-0.2, 0) is 0 Å². The van der Waals surface area contributed by atoms with Gasteiger partial charge in [0.15, 0.2) is 0 Å². The van der Waals surface area contributed by atoms with Crippen molar-refractivity contribution in [1.82, 2.24) is 9.97 Å². The van der Waals surface area contributed by atoms with Crippen molar-refractivity contribution in [2.24, 2.45) is 0 Å². The molecule has 2 nitrogen and oxygen atoms in total. The summed E-state index contributed by atoms with van der Waals surface area (Å²) in [4.78, 5) is 8.83. The Hall–Kier alpha value is -1.70. The lowest BCUT2D eigenvalue weighted by Gasteiger charge is -1.99. The van der Waals surface area contributed by atoms with E-state index in [0.717, 1.165) is 21.7 Å². The SMILES string of the molecule is C1=c2nc3ccccc3nc2=C1. The van der Waals surface area contributed by atoms with Gasteiger partial charge in [0.1, 0.15) is 0 Å². The predicted molar refractivity (Wildman–Crippen MR) is 47.7 cm³/mol. The molecule has 2 heteroatoms. The van der Waals surface area contributed by atoms with Crippen LogP contribution < -0.4 is 10.7 Å². The van der Waals surface area contributed by atoms with Gasteiger partial charge in [0.25, 0.3) is 0 Å². The fourth-order valence-corrected chi connectivity index (χ4v) is 1.33. The molecule has 0 unspecified atom stereocenters. The van der Waals surface area contributed by atoms with E-state index in [4.69, 9.17) is 0 Å². The summed E-state index contributed by atoms with van der Waals surface area (Å²) < 4.78 is 0. The van der Waals surface area contributed by atoms with E-state index in [-0.39, 0.29) is 0 Å². The molecule has 1 aromatic carbocycles. The Morgan fingerprint density at radius 2 is 1.25 bits per heavy atom. The number of nitrogens with zero attached hydrogens (tertiary/aromatic N) is 2. The summed E-state index contributed by atoms with van der Waals surface area (Å²) in [5, 5.41) is 2.02. The molecule has 0 aliphatic heterocycles. The average molecular weight is 154 g/mol. The molecule has 0 saturated heterocycles. The van der Waals surface area contributed by atoms with E-state index in [1.807, 2.05) is 36.4 Å². The Morgan fingerprint density at radius 3 is 1.67 bits per heavy atom. The molecule has 1 heterocycles. The largest absolute Gasteiger partial charge is 0.245 e. The van der Waals surface area contributed by atoms with Crippen molar-refractivity contribution in [3.63, 3.8) is 0 Å². The maximum absolute atomic E-state index is 4.41. The van der Waals surface area contributed by atoms with Crippen molar-refractivity contribution in [1.29, 1.82) is 0 Å². The van der Waals surface area contributed by atoms with Crippen LogP contribution in [-0.4, -0.2) is 9.97 Å². The second-order valence-corrected chi connectivity index (χ2v) is 2.82. The maximum atomic E-state index is 4.41. The molecule has 12 heavy (non-hydrogen) atoms. The first kappa shape index (κ1) is 5.89. The average Bonchev–Trinajstić information content (AvgIpc) is 2.09. The minimum atomic E-state index is 0.973. The number of rotatable bonds is 0. The van der Waals surface area contributed by atoms with Gasteiger partial charge in [0.05, 0.1) is 21.7 Å². The summed E-state index contributed by atoms with van der Waals surface area (Å²) in [5.74, 6) is 0. The van der Waals surface area contributed by atoms with Crippen LogP contribution in [0.25, 0.3) is 23.2 Å². The molecular weight excluding hydrogens is 148 g/mol. The molecule has 1 aliphatic rings. The van der Waals surface area contributed by atoms with Crippen molar-refractivity contribution in [3.05, 3.63) is 35.0 Å². The van der Waals surface area contributed by atoms with Crippen LogP contribution in [0.4, 0.5) is 0 Å². The van der Waals surface area contributed by atoms with E-state index in [1.54, 1.807) is 0 Å². The van der Waals surface area contributed by atoms with Gasteiger partial charge in [-0.1, -0.05) is 12.1 Å². The molecule has 0 fully saturated rings. The third kappa shape index (κ3) is 0.639. The standard InChI is InChI=1S/C10H6N2/c1-2-4-8-7(3-1)11-9-5-6-10(9)12-8/h1-6H. The lowest BCUT2D eigenvalue weighted by Crippen LogP contribution is -2.36. The van der Waals surface area contributed by atoms with E-state index >= 15 is 0 Å². The zero-order valence-corrected chi connectivity index (χ0v) is 6.36. The summed E-state index contributed by atoms with van der Waals surface area (Å²) in [6.45, 7) is 0. The molecule has 0 amide bonds. The van der Waals surface area contributed by atoms with Crippen molar-refractivity contribution in [2.75, 3.05) is 0 Å². The zero-order chi connectivity index (χ0) is 7.97. The smallest absolute Gasteiger partial charge is 0.0895 e. The topological polar surface area (TPSA) is 25.8 Å². The molecule has 2 aromatic rings. The lowest BCUT2D eigenvalue weighted by molar-refractivity contribution is 1.15. The fourth-order valence-electron chi connectivity index (χ4n) is 1.33. The Bertz CT molecular complexity index is 517. The second kappa shape index (κ2) is 1.91. The normalized spacial score (nSPS) is 12.7. The van der Waals surface area contributed by atoms with Gasteiger partial charge in [0, 0.05) is 0 Å². The zero-order valence-electron chi connectivity index (χ0n) is 6.36.